The highest BCUT2D eigenvalue weighted by Gasteiger charge is 2.10. The van der Waals surface area contributed by atoms with Crippen LogP contribution in [0.2, 0.25) is 0 Å². The van der Waals surface area contributed by atoms with E-state index in [2.05, 4.69) is 29.5 Å². The van der Waals surface area contributed by atoms with Crippen molar-refractivity contribution < 1.29 is 4.74 Å². The molecule has 0 radical (unpaired) electrons. The summed E-state index contributed by atoms with van der Waals surface area (Å²) in [5.41, 5.74) is 2.11. The molecule has 0 unspecified atom stereocenters. The standard InChI is InChI=1S/C14H20N2OS/c1-9(2)8-16-11-6-5-7-12(17-10(3)4)13(11)15-14(16)18/h5-7,9-10H,8H2,1-4H3,(H,15,18). The number of fused-ring (bicyclic) bond motifs is 1. The summed E-state index contributed by atoms with van der Waals surface area (Å²) in [6.07, 6.45) is 0.158. The molecule has 1 aromatic carbocycles. The first-order valence-electron chi connectivity index (χ1n) is 6.37. The number of nitrogens with zero attached hydrogens (tertiary/aromatic N) is 1. The Balaban J connectivity index is 2.56. The van der Waals surface area contributed by atoms with E-state index in [0.29, 0.717) is 5.92 Å². The summed E-state index contributed by atoms with van der Waals surface area (Å²) < 4.78 is 8.71. The van der Waals surface area contributed by atoms with Crippen molar-refractivity contribution in [2.75, 3.05) is 0 Å². The SMILES string of the molecule is CC(C)Cn1c(=S)[nH]c2c(OC(C)C)cccc21. The monoisotopic (exact) mass is 264 g/mol. The van der Waals surface area contributed by atoms with Crippen molar-refractivity contribution in [3.8, 4) is 5.75 Å². The van der Waals surface area contributed by atoms with Gasteiger partial charge in [0, 0.05) is 6.54 Å². The Hall–Kier alpha value is -1.29. The smallest absolute Gasteiger partial charge is 0.178 e. The second kappa shape index (κ2) is 5.14. The Labute approximate surface area is 113 Å². The minimum absolute atomic E-state index is 0.158. The van der Waals surface area contributed by atoms with Crippen molar-refractivity contribution in [2.45, 2.75) is 40.3 Å². The van der Waals surface area contributed by atoms with E-state index in [4.69, 9.17) is 17.0 Å². The molecule has 0 atom stereocenters. The molecule has 1 aromatic heterocycles. The Bertz CT molecular complexity index is 595. The van der Waals surface area contributed by atoms with Gasteiger partial charge in [-0.25, -0.2) is 0 Å². The molecule has 98 valence electrons. The zero-order valence-electron chi connectivity index (χ0n) is 11.4. The maximum Gasteiger partial charge on any atom is 0.178 e. The number of H-pyrrole nitrogens is 1. The van der Waals surface area contributed by atoms with Crippen LogP contribution in [0, 0.1) is 10.7 Å². The first-order chi connectivity index (χ1) is 8.49. The van der Waals surface area contributed by atoms with Gasteiger partial charge in [0.05, 0.1) is 11.6 Å². The minimum atomic E-state index is 0.158. The van der Waals surface area contributed by atoms with E-state index < -0.39 is 0 Å². The van der Waals surface area contributed by atoms with Gasteiger partial charge in [-0.2, -0.15) is 0 Å². The average molecular weight is 264 g/mol. The highest BCUT2D eigenvalue weighted by Crippen LogP contribution is 2.26. The molecular formula is C14H20N2OS. The van der Waals surface area contributed by atoms with Crippen LogP contribution in [0.1, 0.15) is 27.7 Å². The summed E-state index contributed by atoms with van der Waals surface area (Å²) in [5.74, 6) is 1.43. The molecule has 18 heavy (non-hydrogen) atoms. The van der Waals surface area contributed by atoms with Crippen LogP contribution in [0.25, 0.3) is 11.0 Å². The van der Waals surface area contributed by atoms with Crippen molar-refractivity contribution in [3.05, 3.63) is 23.0 Å². The zero-order chi connectivity index (χ0) is 13.3. The summed E-state index contributed by atoms with van der Waals surface area (Å²) in [4.78, 5) is 3.26. The third-order valence-electron chi connectivity index (χ3n) is 2.68. The molecule has 0 aliphatic rings. The third kappa shape index (κ3) is 2.58. The van der Waals surface area contributed by atoms with Gasteiger partial charge in [0.25, 0.3) is 0 Å². The van der Waals surface area contributed by atoms with Gasteiger partial charge >= 0.3 is 0 Å². The summed E-state index contributed by atoms with van der Waals surface area (Å²) in [6.45, 7) is 9.35. The normalized spacial score (nSPS) is 11.7. The van der Waals surface area contributed by atoms with E-state index in [-0.39, 0.29) is 6.10 Å². The topological polar surface area (TPSA) is 29.9 Å². The fraction of sp³-hybridized carbons (Fsp3) is 0.500. The molecular weight excluding hydrogens is 244 g/mol. The number of benzene rings is 1. The van der Waals surface area contributed by atoms with Crippen molar-refractivity contribution in [1.82, 2.24) is 9.55 Å². The molecule has 0 aliphatic carbocycles. The molecule has 0 bridgehead atoms. The van der Waals surface area contributed by atoms with Crippen molar-refractivity contribution in [3.63, 3.8) is 0 Å². The lowest BCUT2D eigenvalue weighted by atomic mass is 10.2. The van der Waals surface area contributed by atoms with Crippen LogP contribution in [0.3, 0.4) is 0 Å². The van der Waals surface area contributed by atoms with Crippen LogP contribution in [0.5, 0.6) is 5.75 Å². The van der Waals surface area contributed by atoms with Crippen LogP contribution in [0.15, 0.2) is 18.2 Å². The highest BCUT2D eigenvalue weighted by atomic mass is 32.1. The van der Waals surface area contributed by atoms with Crippen LogP contribution in [-0.2, 0) is 6.54 Å². The van der Waals surface area contributed by atoms with Gasteiger partial charge in [-0.3, -0.25) is 0 Å². The quantitative estimate of drug-likeness (QED) is 0.841. The first kappa shape index (κ1) is 13.1. The summed E-state index contributed by atoms with van der Waals surface area (Å²) in [5, 5.41) is 0. The van der Waals surface area contributed by atoms with E-state index >= 15 is 0 Å². The second-order valence-corrected chi connectivity index (χ2v) is 5.64. The number of nitrogens with one attached hydrogen (secondary N) is 1. The Morgan fingerprint density at radius 1 is 1.28 bits per heavy atom. The average Bonchev–Trinajstić information content (AvgIpc) is 2.56. The molecule has 0 aliphatic heterocycles. The molecule has 1 N–H and O–H groups in total. The molecule has 0 saturated carbocycles. The Kier molecular flexibility index (Phi) is 3.76. The van der Waals surface area contributed by atoms with Crippen molar-refractivity contribution in [1.29, 1.82) is 0 Å². The van der Waals surface area contributed by atoms with Crippen LogP contribution >= 0.6 is 12.2 Å². The van der Waals surface area contributed by atoms with Gasteiger partial charge in [-0.05, 0) is 44.1 Å². The van der Waals surface area contributed by atoms with Gasteiger partial charge in [-0.1, -0.05) is 19.9 Å². The predicted octanol–water partition coefficient (Wildman–Crippen LogP) is 4.14. The first-order valence-corrected chi connectivity index (χ1v) is 6.78. The maximum absolute atomic E-state index is 5.81. The van der Waals surface area contributed by atoms with Gasteiger partial charge < -0.3 is 14.3 Å². The largest absolute Gasteiger partial charge is 0.489 e. The lowest BCUT2D eigenvalue weighted by Gasteiger charge is -2.11. The molecule has 0 saturated heterocycles. The third-order valence-corrected chi connectivity index (χ3v) is 3.00. The van der Waals surface area contributed by atoms with E-state index in [9.17, 15) is 0 Å². The van der Waals surface area contributed by atoms with Crippen molar-refractivity contribution >= 4 is 23.3 Å². The Morgan fingerprint density at radius 3 is 2.61 bits per heavy atom. The molecule has 0 fully saturated rings. The predicted molar refractivity (Wildman–Crippen MR) is 77.7 cm³/mol. The fourth-order valence-electron chi connectivity index (χ4n) is 2.05. The molecule has 0 amide bonds. The summed E-state index contributed by atoms with van der Waals surface area (Å²) in [7, 11) is 0. The number of hydrogen-bond acceptors (Lipinski definition) is 2. The van der Waals surface area contributed by atoms with E-state index in [1.54, 1.807) is 0 Å². The molecule has 0 spiro atoms. The molecule has 2 aromatic rings. The van der Waals surface area contributed by atoms with Gasteiger partial charge in [-0.15, -0.1) is 0 Å². The van der Waals surface area contributed by atoms with E-state index in [1.807, 2.05) is 26.0 Å². The fourth-order valence-corrected chi connectivity index (χ4v) is 2.33. The van der Waals surface area contributed by atoms with Gasteiger partial charge in [0.1, 0.15) is 11.3 Å². The molecule has 4 heteroatoms. The van der Waals surface area contributed by atoms with E-state index in [0.717, 1.165) is 28.1 Å². The second-order valence-electron chi connectivity index (χ2n) is 5.25. The summed E-state index contributed by atoms with van der Waals surface area (Å²) in [6, 6.07) is 6.07. The van der Waals surface area contributed by atoms with Gasteiger partial charge in [0.15, 0.2) is 4.77 Å². The number of ether oxygens (including phenoxy) is 1. The lowest BCUT2D eigenvalue weighted by Crippen LogP contribution is -2.06. The number of para-hydroxylation sites is 1. The Morgan fingerprint density at radius 2 is 2.00 bits per heavy atom. The van der Waals surface area contributed by atoms with E-state index in [1.165, 1.54) is 0 Å². The number of imidazole rings is 1. The maximum atomic E-state index is 5.81. The number of rotatable bonds is 4. The molecule has 3 nitrogen and oxygen atoms in total. The van der Waals surface area contributed by atoms with Crippen LogP contribution in [0.4, 0.5) is 0 Å². The van der Waals surface area contributed by atoms with Crippen LogP contribution in [-0.4, -0.2) is 15.7 Å². The molecule has 1 heterocycles. The number of aromatic nitrogens is 2. The summed E-state index contributed by atoms with van der Waals surface area (Å²) >= 11 is 5.40. The number of aromatic amines is 1. The highest BCUT2D eigenvalue weighted by molar-refractivity contribution is 7.71. The number of hydrogen-bond donors (Lipinski definition) is 1. The zero-order valence-corrected chi connectivity index (χ0v) is 12.2. The molecule has 2 rings (SSSR count). The lowest BCUT2D eigenvalue weighted by molar-refractivity contribution is 0.245. The van der Waals surface area contributed by atoms with Gasteiger partial charge in [0.2, 0.25) is 0 Å². The minimum Gasteiger partial charge on any atom is -0.489 e. The van der Waals surface area contributed by atoms with Crippen LogP contribution < -0.4 is 4.74 Å². The van der Waals surface area contributed by atoms with Crippen molar-refractivity contribution in [2.24, 2.45) is 5.92 Å².